The first-order valence-corrected chi connectivity index (χ1v) is 15.1. The zero-order valence-corrected chi connectivity index (χ0v) is 24.1. The molecule has 4 aromatic rings. The number of nitrogens with zero attached hydrogens (tertiary/aromatic N) is 4. The number of carbonyl (C=O) groups excluding carboxylic acids is 1. The molecule has 1 saturated heterocycles. The van der Waals surface area contributed by atoms with E-state index in [9.17, 15) is 13.2 Å². The number of rotatable bonds is 9. The fourth-order valence-corrected chi connectivity index (χ4v) is 6.07. The average molecular weight is 571 g/mol. The van der Waals surface area contributed by atoms with Gasteiger partial charge in [0.25, 0.3) is 0 Å². The van der Waals surface area contributed by atoms with Crippen molar-refractivity contribution in [3.8, 4) is 11.3 Å². The van der Waals surface area contributed by atoms with Crippen molar-refractivity contribution < 1.29 is 13.2 Å². The minimum Gasteiger partial charge on any atom is -0.326 e. The van der Waals surface area contributed by atoms with E-state index in [0.717, 1.165) is 41.2 Å². The van der Waals surface area contributed by atoms with Gasteiger partial charge >= 0.3 is 0 Å². The van der Waals surface area contributed by atoms with Crippen molar-refractivity contribution in [2.24, 2.45) is 0 Å². The van der Waals surface area contributed by atoms with Gasteiger partial charge in [-0.2, -0.15) is 4.31 Å². The summed E-state index contributed by atoms with van der Waals surface area (Å²) in [6.07, 6.45) is 2.85. The van der Waals surface area contributed by atoms with E-state index in [0.29, 0.717) is 37.6 Å². The summed E-state index contributed by atoms with van der Waals surface area (Å²) in [4.78, 5) is 23.9. The smallest absolute Gasteiger partial charge is 0.243 e. The van der Waals surface area contributed by atoms with Gasteiger partial charge in [0, 0.05) is 55.7 Å². The van der Waals surface area contributed by atoms with Crippen LogP contribution >= 0.6 is 0 Å². The molecule has 0 radical (unpaired) electrons. The molecule has 0 bridgehead atoms. The molecule has 5 rings (SSSR count). The standard InChI is InChI=1S/C31H34N6O3S/c1-23-22-32-31(34-27-13-15-28(16-14-27)41(39,40)37-20-18-36(2)19-21-37)35-30(23)25-9-11-26(12-10-25)33-29(38)17-8-24-6-4-3-5-7-24/h3-7,9-16,22H,8,17-21H2,1-2H3,(H,33,38)(H,32,34,35). The lowest BCUT2D eigenvalue weighted by Crippen LogP contribution is -2.46. The number of carbonyl (C=O) groups is 1. The number of sulfonamides is 1. The van der Waals surface area contributed by atoms with Crippen molar-refractivity contribution in [1.29, 1.82) is 0 Å². The Morgan fingerprint density at radius 2 is 1.54 bits per heavy atom. The molecule has 9 nitrogen and oxygen atoms in total. The van der Waals surface area contributed by atoms with Crippen molar-refractivity contribution in [2.75, 3.05) is 43.9 Å². The number of aryl methyl sites for hydroxylation is 2. The van der Waals surface area contributed by atoms with Crippen molar-refractivity contribution in [3.63, 3.8) is 0 Å². The summed E-state index contributed by atoms with van der Waals surface area (Å²) in [5.41, 5.74) is 5.11. The predicted molar refractivity (Wildman–Crippen MR) is 162 cm³/mol. The number of aromatic nitrogens is 2. The molecule has 0 unspecified atom stereocenters. The van der Waals surface area contributed by atoms with Crippen LogP contribution < -0.4 is 10.6 Å². The molecule has 41 heavy (non-hydrogen) atoms. The summed E-state index contributed by atoms with van der Waals surface area (Å²) in [6, 6.07) is 24.2. The Bertz CT molecular complexity index is 1590. The molecule has 0 saturated carbocycles. The van der Waals surface area contributed by atoms with Crippen molar-refractivity contribution in [1.82, 2.24) is 19.2 Å². The van der Waals surface area contributed by atoms with Crippen LogP contribution in [0.1, 0.15) is 17.5 Å². The number of benzene rings is 3. The van der Waals surface area contributed by atoms with Gasteiger partial charge in [0.05, 0.1) is 10.6 Å². The predicted octanol–water partition coefficient (Wildman–Crippen LogP) is 4.70. The highest BCUT2D eigenvalue weighted by molar-refractivity contribution is 7.89. The van der Waals surface area contributed by atoms with Gasteiger partial charge < -0.3 is 15.5 Å². The monoisotopic (exact) mass is 570 g/mol. The Balaban J connectivity index is 1.22. The maximum absolute atomic E-state index is 13.0. The molecule has 1 fully saturated rings. The molecule has 1 aromatic heterocycles. The number of hydrogen-bond donors (Lipinski definition) is 2. The third-order valence-electron chi connectivity index (χ3n) is 7.11. The third-order valence-corrected chi connectivity index (χ3v) is 9.02. The first-order valence-electron chi connectivity index (χ1n) is 13.6. The van der Waals surface area contributed by atoms with Crippen LogP contribution in [0.15, 0.2) is 90.0 Å². The van der Waals surface area contributed by atoms with Crippen LogP contribution in [0.25, 0.3) is 11.3 Å². The van der Waals surface area contributed by atoms with E-state index < -0.39 is 10.0 Å². The Morgan fingerprint density at radius 1 is 0.878 bits per heavy atom. The molecule has 10 heteroatoms. The SMILES string of the molecule is Cc1cnc(Nc2ccc(S(=O)(=O)N3CCN(C)CC3)cc2)nc1-c1ccc(NC(=O)CCc2ccccc2)cc1. The molecule has 2 heterocycles. The summed E-state index contributed by atoms with van der Waals surface area (Å²) in [7, 11) is -1.54. The van der Waals surface area contributed by atoms with E-state index in [2.05, 4.69) is 20.5 Å². The number of piperazine rings is 1. The molecule has 2 N–H and O–H groups in total. The van der Waals surface area contributed by atoms with E-state index in [1.54, 1.807) is 30.5 Å². The molecule has 1 aliphatic heterocycles. The molecule has 3 aromatic carbocycles. The van der Waals surface area contributed by atoms with Crippen LogP contribution in [-0.2, 0) is 21.2 Å². The van der Waals surface area contributed by atoms with Crippen LogP contribution in [0.5, 0.6) is 0 Å². The minimum absolute atomic E-state index is 0.0337. The van der Waals surface area contributed by atoms with Gasteiger partial charge in [0.1, 0.15) is 0 Å². The highest BCUT2D eigenvalue weighted by atomic mass is 32.2. The summed E-state index contributed by atoms with van der Waals surface area (Å²) in [5, 5.41) is 6.13. The lowest BCUT2D eigenvalue weighted by Gasteiger charge is -2.31. The molecular formula is C31H34N6O3S. The zero-order chi connectivity index (χ0) is 28.8. The van der Waals surface area contributed by atoms with E-state index >= 15 is 0 Å². The highest BCUT2D eigenvalue weighted by Crippen LogP contribution is 2.26. The second kappa shape index (κ2) is 12.6. The van der Waals surface area contributed by atoms with Gasteiger partial charge in [-0.05, 0) is 67.9 Å². The lowest BCUT2D eigenvalue weighted by atomic mass is 10.1. The average Bonchev–Trinajstić information content (AvgIpc) is 2.99. The maximum Gasteiger partial charge on any atom is 0.243 e. The zero-order valence-electron chi connectivity index (χ0n) is 23.2. The van der Waals surface area contributed by atoms with E-state index in [-0.39, 0.29) is 10.8 Å². The highest BCUT2D eigenvalue weighted by Gasteiger charge is 2.27. The van der Waals surface area contributed by atoms with Crippen LogP contribution in [0.4, 0.5) is 17.3 Å². The third kappa shape index (κ3) is 7.15. The van der Waals surface area contributed by atoms with Gasteiger partial charge in [-0.1, -0.05) is 42.5 Å². The second-order valence-electron chi connectivity index (χ2n) is 10.2. The van der Waals surface area contributed by atoms with Crippen LogP contribution in [0, 0.1) is 6.92 Å². The molecule has 212 valence electrons. The molecule has 1 aliphatic rings. The molecule has 0 spiro atoms. The molecule has 0 aliphatic carbocycles. The normalized spacial score (nSPS) is 14.5. The largest absolute Gasteiger partial charge is 0.326 e. The Kier molecular flexibility index (Phi) is 8.72. The number of anilines is 3. The summed E-state index contributed by atoms with van der Waals surface area (Å²) >= 11 is 0. The van der Waals surface area contributed by atoms with E-state index in [4.69, 9.17) is 4.98 Å². The van der Waals surface area contributed by atoms with Gasteiger partial charge in [0.15, 0.2) is 0 Å². The number of hydrogen-bond acceptors (Lipinski definition) is 7. The van der Waals surface area contributed by atoms with Crippen LogP contribution in [0.3, 0.4) is 0 Å². The second-order valence-corrected chi connectivity index (χ2v) is 12.1. The van der Waals surface area contributed by atoms with Gasteiger partial charge in [-0.3, -0.25) is 4.79 Å². The number of nitrogens with one attached hydrogen (secondary N) is 2. The Labute approximate surface area is 241 Å². The molecular weight excluding hydrogens is 536 g/mol. The molecule has 1 amide bonds. The van der Waals surface area contributed by atoms with Gasteiger partial charge in [0.2, 0.25) is 21.9 Å². The minimum atomic E-state index is -3.53. The van der Waals surface area contributed by atoms with Crippen molar-refractivity contribution in [3.05, 3.63) is 96.2 Å². The fraction of sp³-hybridized carbons (Fsp3) is 0.258. The summed E-state index contributed by atoms with van der Waals surface area (Å²) < 4.78 is 27.6. The van der Waals surface area contributed by atoms with Crippen molar-refractivity contribution >= 4 is 33.3 Å². The Morgan fingerprint density at radius 3 is 2.22 bits per heavy atom. The maximum atomic E-state index is 13.0. The van der Waals surface area contributed by atoms with Crippen molar-refractivity contribution in [2.45, 2.75) is 24.7 Å². The van der Waals surface area contributed by atoms with E-state index in [1.165, 1.54) is 4.31 Å². The van der Waals surface area contributed by atoms with E-state index in [1.807, 2.05) is 68.6 Å². The molecule has 0 atom stereocenters. The van der Waals surface area contributed by atoms with Gasteiger partial charge in [-0.15, -0.1) is 0 Å². The fourth-order valence-electron chi connectivity index (χ4n) is 4.65. The first kappa shape index (κ1) is 28.4. The number of amides is 1. The Hall–Kier alpha value is -4.12. The van der Waals surface area contributed by atoms with Crippen LogP contribution in [0.2, 0.25) is 0 Å². The quantitative estimate of drug-likeness (QED) is 0.300. The topological polar surface area (TPSA) is 108 Å². The van der Waals surface area contributed by atoms with Crippen LogP contribution in [-0.4, -0.2) is 66.7 Å². The lowest BCUT2D eigenvalue weighted by molar-refractivity contribution is -0.116. The number of likely N-dealkylation sites (N-methyl/N-ethyl adjacent to an activating group) is 1. The first-order chi connectivity index (χ1) is 19.8. The summed E-state index contributed by atoms with van der Waals surface area (Å²) in [6.45, 7) is 4.35. The van der Waals surface area contributed by atoms with Gasteiger partial charge in [-0.25, -0.2) is 18.4 Å². The summed E-state index contributed by atoms with van der Waals surface area (Å²) in [5.74, 6) is 0.368.